The van der Waals surface area contributed by atoms with Gasteiger partial charge in [-0.25, -0.2) is 8.42 Å². The fourth-order valence-electron chi connectivity index (χ4n) is 3.95. The highest BCUT2D eigenvalue weighted by atomic mass is 32.2. The Hall–Kier alpha value is -3.28. The molecular weight excluding hydrogens is 458 g/mol. The summed E-state index contributed by atoms with van der Waals surface area (Å²) < 4.78 is 24.6. The minimum atomic E-state index is -3.69. The van der Waals surface area contributed by atoms with E-state index in [-0.39, 0.29) is 43.6 Å². The van der Waals surface area contributed by atoms with Crippen LogP contribution in [0.4, 0.5) is 0 Å². The number of hydrogen-bond acceptors (Lipinski definition) is 6. The number of amides is 1. The van der Waals surface area contributed by atoms with Crippen LogP contribution in [0.25, 0.3) is 0 Å². The van der Waals surface area contributed by atoms with E-state index in [1.54, 1.807) is 24.3 Å². The maximum atomic E-state index is 13.2. The maximum Gasteiger partial charge on any atom is 0.266 e. The first-order valence-corrected chi connectivity index (χ1v) is 12.9. The van der Waals surface area contributed by atoms with E-state index >= 15 is 0 Å². The predicted octanol–water partition coefficient (Wildman–Crippen LogP) is 4.05. The lowest BCUT2D eigenvalue weighted by molar-refractivity contribution is 0.0908. The maximum absolute atomic E-state index is 13.2. The van der Waals surface area contributed by atoms with E-state index in [0.717, 1.165) is 17.6 Å². The lowest BCUT2D eigenvalue weighted by Gasteiger charge is -2.29. The molecule has 0 radical (unpaired) electrons. The zero-order valence-corrected chi connectivity index (χ0v) is 19.9. The molecule has 1 N–H and O–H groups in total. The van der Waals surface area contributed by atoms with Crippen molar-refractivity contribution in [2.75, 3.05) is 6.26 Å². The Morgan fingerprint density at radius 3 is 2.48 bits per heavy atom. The molecule has 2 aliphatic rings. The third-order valence-corrected chi connectivity index (χ3v) is 8.43. The molecule has 8 heteroatoms. The predicted molar refractivity (Wildman–Crippen MR) is 125 cm³/mol. The van der Waals surface area contributed by atoms with E-state index in [1.165, 1.54) is 12.2 Å². The molecule has 2 aliphatic carbocycles. The first kappa shape index (κ1) is 22.9. The van der Waals surface area contributed by atoms with Crippen molar-refractivity contribution in [1.82, 2.24) is 5.32 Å². The number of carbonyl (C=O) groups excluding carboxylic acids is 3. The smallest absolute Gasteiger partial charge is 0.266 e. The second-order valence-electron chi connectivity index (χ2n) is 8.86. The Bertz CT molecular complexity index is 1440. The molecule has 1 aromatic heterocycles. The van der Waals surface area contributed by atoms with E-state index < -0.39 is 15.7 Å². The van der Waals surface area contributed by atoms with Crippen molar-refractivity contribution in [3.63, 3.8) is 0 Å². The van der Waals surface area contributed by atoms with Crippen LogP contribution in [0.5, 0.6) is 0 Å². The summed E-state index contributed by atoms with van der Waals surface area (Å²) in [6.07, 6.45) is 4.64. The highest BCUT2D eigenvalue weighted by Crippen LogP contribution is 2.43. The summed E-state index contributed by atoms with van der Waals surface area (Å²) in [6, 6.07) is 8.69. The third-order valence-electron chi connectivity index (χ3n) is 5.36. The van der Waals surface area contributed by atoms with E-state index in [2.05, 4.69) is 16.8 Å². The van der Waals surface area contributed by atoms with Crippen molar-refractivity contribution in [2.24, 2.45) is 5.41 Å². The fraction of sp³-hybridized carbons (Fsp3) is 0.240. The highest BCUT2D eigenvalue weighted by Gasteiger charge is 2.39. The molecule has 0 atom stereocenters. The monoisotopic (exact) mass is 479 g/mol. The van der Waals surface area contributed by atoms with Gasteiger partial charge in [0.25, 0.3) is 5.91 Å². The molecule has 0 aliphatic heterocycles. The van der Waals surface area contributed by atoms with Crippen LogP contribution in [0.2, 0.25) is 0 Å². The molecule has 0 saturated heterocycles. The second kappa shape index (κ2) is 8.25. The molecule has 1 amide bonds. The summed E-state index contributed by atoms with van der Waals surface area (Å²) in [4.78, 5) is 38.9. The first-order chi connectivity index (χ1) is 15.5. The van der Waals surface area contributed by atoms with Crippen molar-refractivity contribution in [3.8, 4) is 0 Å². The third kappa shape index (κ3) is 4.61. The Morgan fingerprint density at radius 1 is 1.12 bits per heavy atom. The summed E-state index contributed by atoms with van der Waals surface area (Å²) in [6.45, 7) is 3.83. The zero-order valence-electron chi connectivity index (χ0n) is 18.3. The van der Waals surface area contributed by atoms with Crippen molar-refractivity contribution in [1.29, 1.82) is 0 Å². The number of hydrogen-bond donors (Lipinski definition) is 1. The van der Waals surface area contributed by atoms with Crippen LogP contribution >= 0.6 is 11.3 Å². The van der Waals surface area contributed by atoms with E-state index in [1.807, 2.05) is 19.9 Å². The summed E-state index contributed by atoms with van der Waals surface area (Å²) in [5, 5.41) is 2.72. The zero-order chi connectivity index (χ0) is 24.0. The van der Waals surface area contributed by atoms with Crippen LogP contribution in [-0.2, 0) is 16.3 Å². The van der Waals surface area contributed by atoms with Gasteiger partial charge in [-0.2, -0.15) is 0 Å². The van der Waals surface area contributed by atoms with Crippen LogP contribution in [0.3, 0.4) is 0 Å². The van der Waals surface area contributed by atoms with Gasteiger partial charge in [-0.1, -0.05) is 55.6 Å². The lowest BCUT2D eigenvalue weighted by atomic mass is 9.74. The quantitative estimate of drug-likeness (QED) is 0.515. The second-order valence-corrected chi connectivity index (χ2v) is 12.1. The number of sulfone groups is 1. The molecule has 0 saturated carbocycles. The van der Waals surface area contributed by atoms with Gasteiger partial charge in [-0.15, -0.1) is 11.3 Å². The summed E-state index contributed by atoms with van der Waals surface area (Å²) >= 11 is 0.816. The Kier molecular flexibility index (Phi) is 5.72. The van der Waals surface area contributed by atoms with Crippen LogP contribution in [0.15, 0.2) is 69.4 Å². The Morgan fingerprint density at radius 2 is 1.82 bits per heavy atom. The van der Waals surface area contributed by atoms with E-state index in [0.29, 0.717) is 23.2 Å². The average Bonchev–Trinajstić information content (AvgIpc) is 3.13. The molecule has 0 fully saturated rings. The first-order valence-electron chi connectivity index (χ1n) is 10.2. The van der Waals surface area contributed by atoms with Crippen molar-refractivity contribution >= 4 is 38.6 Å². The van der Waals surface area contributed by atoms with E-state index in [4.69, 9.17) is 0 Å². The van der Waals surface area contributed by atoms with Crippen LogP contribution in [-0.4, -0.2) is 32.1 Å². The molecule has 4 rings (SSSR count). The van der Waals surface area contributed by atoms with Gasteiger partial charge in [0, 0.05) is 24.3 Å². The Balaban J connectivity index is 1.67. The minimum absolute atomic E-state index is 0.0731. The number of allylic oxidation sites excluding steroid dienone is 3. The fourth-order valence-corrected chi connectivity index (χ4v) is 6.38. The van der Waals surface area contributed by atoms with Crippen LogP contribution in [0, 0.1) is 5.41 Å². The van der Waals surface area contributed by atoms with Crippen LogP contribution < -0.4 is 5.32 Å². The van der Waals surface area contributed by atoms with Gasteiger partial charge in [-0.3, -0.25) is 14.4 Å². The van der Waals surface area contributed by atoms with Crippen molar-refractivity contribution in [3.05, 3.63) is 86.8 Å². The summed E-state index contributed by atoms with van der Waals surface area (Å²) in [7, 11) is -3.69. The van der Waals surface area contributed by atoms with Gasteiger partial charge in [-0.05, 0) is 23.5 Å². The number of thiophene rings is 1. The molecule has 0 unspecified atom stereocenters. The summed E-state index contributed by atoms with van der Waals surface area (Å²) in [5.41, 5.74) is 6.76. The number of ketones is 2. The van der Waals surface area contributed by atoms with Gasteiger partial charge in [0.15, 0.2) is 15.6 Å². The largest absolute Gasteiger partial charge is 0.321 e. The number of carbonyl (C=O) groups is 3. The van der Waals surface area contributed by atoms with Gasteiger partial charge in [0.2, 0.25) is 5.78 Å². The van der Waals surface area contributed by atoms with Gasteiger partial charge >= 0.3 is 0 Å². The molecule has 0 bridgehead atoms. The molecular formula is C25H21NO5S2. The van der Waals surface area contributed by atoms with Crippen LogP contribution in [0.1, 0.15) is 56.2 Å². The van der Waals surface area contributed by atoms with Crippen molar-refractivity contribution in [2.45, 2.75) is 30.9 Å². The average molecular weight is 480 g/mol. The highest BCUT2D eigenvalue weighted by molar-refractivity contribution is 7.92. The van der Waals surface area contributed by atoms with Crippen molar-refractivity contribution < 1.29 is 22.8 Å². The van der Waals surface area contributed by atoms with Gasteiger partial charge < -0.3 is 5.32 Å². The number of rotatable bonds is 5. The van der Waals surface area contributed by atoms with E-state index in [9.17, 15) is 22.8 Å². The lowest BCUT2D eigenvalue weighted by Crippen LogP contribution is -2.29. The van der Waals surface area contributed by atoms with Gasteiger partial charge in [0.1, 0.15) is 4.21 Å². The topological polar surface area (TPSA) is 97.4 Å². The normalized spacial score (nSPS) is 16.6. The molecule has 1 heterocycles. The number of benzene rings is 1. The number of Topliss-reactive ketones (excluding diaryl/α,β-unsaturated/α-hetero) is 2. The number of fused-ring (bicyclic) bond motifs is 1. The molecule has 6 nitrogen and oxygen atoms in total. The Labute approximate surface area is 195 Å². The molecule has 1 aromatic carbocycles. The summed E-state index contributed by atoms with van der Waals surface area (Å²) in [5.74, 6) is -1.06. The molecule has 168 valence electrons. The molecule has 2 aromatic rings. The molecule has 33 heavy (non-hydrogen) atoms. The van der Waals surface area contributed by atoms with Gasteiger partial charge in [0.05, 0.1) is 21.7 Å². The SMILES string of the molecule is CC1(C)CC(=O)c2c(S(C)(=O)=O)sc(C(=O)NC3=CC(C(=O)c4ccccc4)=C=C=C3)c2C1. The molecule has 0 spiro atoms. The minimum Gasteiger partial charge on any atom is -0.321 e. The number of nitrogens with one attached hydrogen (secondary N) is 1. The standard InChI is InChI=1S/C25H21NO5S2/c1-25(2)13-18-20(19(27)14-25)24(33(3,30)31)32-22(18)23(29)26-17-11-7-10-16(12-17)21(28)15-8-5-4-6-9-15/h4-6,8-9,11-12H,13-14H2,1-3H3,(H,26,29).